The fourth-order valence-corrected chi connectivity index (χ4v) is 4.28. The third-order valence-electron chi connectivity index (χ3n) is 5.57. The monoisotopic (exact) mass is 379 g/mol. The van der Waals surface area contributed by atoms with Gasteiger partial charge in [-0.15, -0.1) is 0 Å². The van der Waals surface area contributed by atoms with Gasteiger partial charge in [-0.2, -0.15) is 0 Å². The van der Waals surface area contributed by atoms with Gasteiger partial charge in [0.1, 0.15) is 0 Å². The lowest BCUT2D eigenvalue weighted by Gasteiger charge is -2.29. The Labute approximate surface area is 159 Å². The summed E-state index contributed by atoms with van der Waals surface area (Å²) in [6.07, 6.45) is 0.761. The van der Waals surface area contributed by atoms with Crippen LogP contribution in [-0.4, -0.2) is 65.7 Å². The molecule has 0 radical (unpaired) electrons. The number of hydrogen-bond acceptors (Lipinski definition) is 3. The molecular weight excluding hydrogens is 354 g/mol. The number of benzene rings is 1. The Hall–Kier alpha value is -1.79. The average molecular weight is 380 g/mol. The molecule has 0 unspecified atom stereocenters. The van der Waals surface area contributed by atoms with E-state index in [0.29, 0.717) is 24.7 Å². The number of carbonyl (C=O) groups is 2. The molecule has 2 aliphatic heterocycles. The van der Waals surface area contributed by atoms with Crippen LogP contribution < -0.4 is 5.32 Å². The van der Waals surface area contributed by atoms with Gasteiger partial charge in [0.15, 0.2) is 0 Å². The van der Waals surface area contributed by atoms with Crippen molar-refractivity contribution >= 4 is 23.6 Å². The molecule has 3 rings (SSSR count). The van der Waals surface area contributed by atoms with Crippen molar-refractivity contribution < 1.29 is 14.7 Å². The van der Waals surface area contributed by atoms with Crippen LogP contribution in [0.2, 0.25) is 5.02 Å². The first kappa shape index (κ1) is 19.0. The van der Waals surface area contributed by atoms with Crippen molar-refractivity contribution in [2.24, 2.45) is 5.92 Å². The number of likely N-dealkylation sites (N-methyl/N-ethyl adjacent to an activating group) is 1. The Morgan fingerprint density at radius 3 is 2.46 bits per heavy atom. The van der Waals surface area contributed by atoms with Gasteiger partial charge in [-0.05, 0) is 50.6 Å². The lowest BCUT2D eigenvalue weighted by atomic mass is 9.93. The van der Waals surface area contributed by atoms with Crippen LogP contribution in [0.1, 0.15) is 31.2 Å². The number of halogens is 1. The predicted octanol–water partition coefficient (Wildman–Crippen LogP) is 2.63. The summed E-state index contributed by atoms with van der Waals surface area (Å²) in [5, 5.41) is 13.5. The van der Waals surface area contributed by atoms with Gasteiger partial charge >= 0.3 is 6.09 Å². The summed E-state index contributed by atoms with van der Waals surface area (Å²) in [4.78, 5) is 28.0. The van der Waals surface area contributed by atoms with Gasteiger partial charge in [0.05, 0.1) is 6.04 Å². The molecule has 1 aromatic rings. The van der Waals surface area contributed by atoms with E-state index in [1.807, 2.05) is 36.1 Å². The van der Waals surface area contributed by atoms with Crippen LogP contribution in [0.25, 0.3) is 0 Å². The van der Waals surface area contributed by atoms with Crippen LogP contribution >= 0.6 is 11.6 Å². The molecule has 1 aromatic carbocycles. The molecule has 0 saturated carbocycles. The number of rotatable bonds is 4. The van der Waals surface area contributed by atoms with Crippen molar-refractivity contribution in [1.29, 1.82) is 0 Å². The normalized spacial score (nSPS) is 23.8. The minimum atomic E-state index is -0.937. The van der Waals surface area contributed by atoms with E-state index < -0.39 is 6.09 Å². The van der Waals surface area contributed by atoms with Crippen molar-refractivity contribution in [2.75, 3.05) is 32.7 Å². The minimum absolute atomic E-state index is 0.0333. The maximum absolute atomic E-state index is 13.0. The largest absolute Gasteiger partial charge is 0.465 e. The fraction of sp³-hybridized carbons (Fsp3) is 0.579. The van der Waals surface area contributed by atoms with Crippen molar-refractivity contribution in [3.05, 3.63) is 34.9 Å². The Bertz CT molecular complexity index is 646. The van der Waals surface area contributed by atoms with Crippen LogP contribution in [0.3, 0.4) is 0 Å². The van der Waals surface area contributed by atoms with Gasteiger partial charge in [0.25, 0.3) is 0 Å². The first-order valence-electron chi connectivity index (χ1n) is 9.25. The van der Waals surface area contributed by atoms with E-state index >= 15 is 0 Å². The molecule has 2 atom stereocenters. The molecule has 0 bridgehead atoms. The van der Waals surface area contributed by atoms with Crippen LogP contribution in [0.4, 0.5) is 4.79 Å². The molecule has 2 amide bonds. The average Bonchev–Trinajstić information content (AvgIpc) is 3.07. The van der Waals surface area contributed by atoms with Crippen molar-refractivity contribution in [2.45, 2.75) is 31.7 Å². The first-order chi connectivity index (χ1) is 12.5. The molecule has 0 spiro atoms. The topological polar surface area (TPSA) is 72.9 Å². The quantitative estimate of drug-likeness (QED) is 0.843. The van der Waals surface area contributed by atoms with Gasteiger partial charge in [-0.3, -0.25) is 4.79 Å². The zero-order chi connectivity index (χ0) is 18.7. The standard InChI is InChI=1S/C19H26ClN3O3/c1-2-23(19(25)26)17-12-22(18(24)14-7-9-21-10-8-14)11-16(17)13-3-5-15(20)6-4-13/h3-6,14,16-17,21H,2,7-12H2,1H3,(H,25,26)/t16-,17+/m1/s1. The van der Waals surface area contributed by atoms with E-state index in [2.05, 4.69) is 5.32 Å². The number of amides is 2. The fourth-order valence-electron chi connectivity index (χ4n) is 4.16. The molecule has 7 heteroatoms. The maximum atomic E-state index is 13.0. The van der Waals surface area contributed by atoms with Gasteiger partial charge < -0.3 is 20.2 Å². The van der Waals surface area contributed by atoms with Crippen molar-refractivity contribution in [3.8, 4) is 0 Å². The minimum Gasteiger partial charge on any atom is -0.465 e. The second-order valence-electron chi connectivity index (χ2n) is 7.06. The number of nitrogens with zero attached hydrogens (tertiary/aromatic N) is 2. The highest BCUT2D eigenvalue weighted by molar-refractivity contribution is 6.30. The highest BCUT2D eigenvalue weighted by Crippen LogP contribution is 2.33. The number of likely N-dealkylation sites (tertiary alicyclic amines) is 1. The van der Waals surface area contributed by atoms with Gasteiger partial charge in [-0.1, -0.05) is 23.7 Å². The molecule has 2 saturated heterocycles. The molecule has 26 heavy (non-hydrogen) atoms. The molecule has 6 nitrogen and oxygen atoms in total. The van der Waals surface area contributed by atoms with Gasteiger partial charge in [0, 0.05) is 36.5 Å². The van der Waals surface area contributed by atoms with E-state index in [4.69, 9.17) is 11.6 Å². The molecule has 2 heterocycles. The summed E-state index contributed by atoms with van der Waals surface area (Å²) in [6, 6.07) is 7.29. The summed E-state index contributed by atoms with van der Waals surface area (Å²) in [6.45, 7) is 4.98. The number of carbonyl (C=O) groups excluding carboxylic acids is 1. The molecule has 0 aliphatic carbocycles. The van der Waals surface area contributed by atoms with E-state index in [-0.39, 0.29) is 23.8 Å². The van der Waals surface area contributed by atoms with Gasteiger partial charge in [-0.25, -0.2) is 4.79 Å². The van der Waals surface area contributed by atoms with E-state index in [9.17, 15) is 14.7 Å². The predicted molar refractivity (Wildman–Crippen MR) is 101 cm³/mol. The third kappa shape index (κ3) is 3.96. The van der Waals surface area contributed by atoms with Gasteiger partial charge in [0.2, 0.25) is 5.91 Å². The number of piperidine rings is 1. The summed E-state index contributed by atoms with van der Waals surface area (Å²) < 4.78 is 0. The van der Waals surface area contributed by atoms with E-state index in [0.717, 1.165) is 31.5 Å². The van der Waals surface area contributed by atoms with E-state index in [1.54, 1.807) is 0 Å². The third-order valence-corrected chi connectivity index (χ3v) is 5.83. The van der Waals surface area contributed by atoms with Crippen molar-refractivity contribution in [3.63, 3.8) is 0 Å². The highest BCUT2D eigenvalue weighted by atomic mass is 35.5. The van der Waals surface area contributed by atoms with Crippen LogP contribution in [-0.2, 0) is 4.79 Å². The maximum Gasteiger partial charge on any atom is 0.407 e. The Kier molecular flexibility index (Phi) is 6.04. The van der Waals surface area contributed by atoms with Crippen molar-refractivity contribution in [1.82, 2.24) is 15.1 Å². The summed E-state index contributed by atoms with van der Waals surface area (Å²) >= 11 is 6.00. The molecular formula is C19H26ClN3O3. The zero-order valence-corrected chi connectivity index (χ0v) is 15.8. The Balaban J connectivity index is 1.83. The molecule has 2 fully saturated rings. The number of nitrogens with one attached hydrogen (secondary N) is 1. The lowest BCUT2D eigenvalue weighted by Crippen LogP contribution is -2.45. The molecule has 2 N–H and O–H groups in total. The second kappa shape index (κ2) is 8.27. The van der Waals surface area contributed by atoms with E-state index in [1.165, 1.54) is 4.90 Å². The Morgan fingerprint density at radius 1 is 1.23 bits per heavy atom. The first-order valence-corrected chi connectivity index (χ1v) is 9.63. The summed E-state index contributed by atoms with van der Waals surface area (Å²) in [5.41, 5.74) is 1.03. The molecule has 2 aliphatic rings. The van der Waals surface area contributed by atoms with Crippen LogP contribution in [0, 0.1) is 5.92 Å². The smallest absolute Gasteiger partial charge is 0.407 e. The molecule has 0 aromatic heterocycles. The summed E-state index contributed by atoms with van der Waals surface area (Å²) in [5.74, 6) is 0.171. The summed E-state index contributed by atoms with van der Waals surface area (Å²) in [7, 11) is 0. The number of hydrogen-bond donors (Lipinski definition) is 2. The van der Waals surface area contributed by atoms with Crippen LogP contribution in [0.15, 0.2) is 24.3 Å². The highest BCUT2D eigenvalue weighted by Gasteiger charge is 2.42. The Morgan fingerprint density at radius 2 is 1.88 bits per heavy atom. The SMILES string of the molecule is CCN(C(=O)O)[C@H]1CN(C(=O)C2CCNCC2)C[C@@H]1c1ccc(Cl)cc1. The number of carboxylic acid groups (broad SMARTS) is 1. The van der Waals surface area contributed by atoms with Crippen LogP contribution in [0.5, 0.6) is 0 Å². The second-order valence-corrected chi connectivity index (χ2v) is 7.50. The lowest BCUT2D eigenvalue weighted by molar-refractivity contribution is -0.135. The zero-order valence-electron chi connectivity index (χ0n) is 15.0. The molecule has 142 valence electrons.